The molecule has 3 nitrogen and oxygen atoms in total. The van der Waals surface area contributed by atoms with Crippen LogP contribution in [-0.4, -0.2) is 63.2 Å². The Kier molecular flexibility index (Phi) is 5.67. The molecule has 0 amide bonds. The Morgan fingerprint density at radius 1 is 0.947 bits per heavy atom. The highest BCUT2D eigenvalue weighted by Crippen LogP contribution is 2.35. The molecule has 0 spiro atoms. The van der Waals surface area contributed by atoms with Crippen molar-refractivity contribution in [3.63, 3.8) is 0 Å². The van der Waals surface area contributed by atoms with Crippen molar-refractivity contribution < 1.29 is 0 Å². The first-order valence-corrected chi connectivity index (χ1v) is 8.14. The first kappa shape index (κ1) is 15.3. The number of nitrogens with one attached hydrogen (secondary N) is 1. The lowest BCUT2D eigenvalue weighted by Gasteiger charge is -2.44. The summed E-state index contributed by atoms with van der Waals surface area (Å²) in [5, 5.41) is 3.46. The molecule has 1 aliphatic heterocycles. The van der Waals surface area contributed by atoms with Gasteiger partial charge in [0.15, 0.2) is 0 Å². The van der Waals surface area contributed by atoms with Gasteiger partial charge in [0.1, 0.15) is 0 Å². The third-order valence-electron chi connectivity index (χ3n) is 5.51. The van der Waals surface area contributed by atoms with E-state index < -0.39 is 0 Å². The van der Waals surface area contributed by atoms with Gasteiger partial charge >= 0.3 is 0 Å². The van der Waals surface area contributed by atoms with Gasteiger partial charge in [-0.25, -0.2) is 0 Å². The van der Waals surface area contributed by atoms with Gasteiger partial charge < -0.3 is 15.1 Å². The van der Waals surface area contributed by atoms with Crippen LogP contribution >= 0.6 is 0 Å². The molecule has 112 valence electrons. The highest BCUT2D eigenvalue weighted by Gasteiger charge is 2.34. The second-order valence-corrected chi connectivity index (χ2v) is 7.00. The molecule has 0 bridgehead atoms. The van der Waals surface area contributed by atoms with Crippen molar-refractivity contribution in [2.75, 3.05) is 41.3 Å². The fourth-order valence-electron chi connectivity index (χ4n) is 4.35. The molecular weight excluding hydrogens is 234 g/mol. The van der Waals surface area contributed by atoms with Crippen LogP contribution < -0.4 is 5.32 Å². The number of hydrogen-bond donors (Lipinski definition) is 1. The van der Waals surface area contributed by atoms with E-state index in [1.807, 2.05) is 0 Å². The summed E-state index contributed by atoms with van der Waals surface area (Å²) in [5.74, 6) is 1.84. The normalized spacial score (nSPS) is 32.7. The van der Waals surface area contributed by atoms with E-state index in [2.05, 4.69) is 43.3 Å². The third kappa shape index (κ3) is 3.93. The molecule has 1 unspecified atom stereocenters. The zero-order chi connectivity index (χ0) is 13.8. The Morgan fingerprint density at radius 3 is 1.95 bits per heavy atom. The minimum Gasteiger partial charge on any atom is -0.317 e. The van der Waals surface area contributed by atoms with Crippen LogP contribution in [0.5, 0.6) is 0 Å². The van der Waals surface area contributed by atoms with Gasteiger partial charge in [-0.05, 0) is 91.6 Å². The Morgan fingerprint density at radius 2 is 1.47 bits per heavy atom. The molecule has 1 saturated carbocycles. The van der Waals surface area contributed by atoms with Crippen molar-refractivity contribution >= 4 is 0 Å². The van der Waals surface area contributed by atoms with E-state index >= 15 is 0 Å². The third-order valence-corrected chi connectivity index (χ3v) is 5.51. The van der Waals surface area contributed by atoms with E-state index in [-0.39, 0.29) is 0 Å². The van der Waals surface area contributed by atoms with Gasteiger partial charge in [-0.15, -0.1) is 0 Å². The Hall–Kier alpha value is -0.120. The fourth-order valence-corrected chi connectivity index (χ4v) is 4.35. The summed E-state index contributed by atoms with van der Waals surface area (Å²) in [6.07, 6.45) is 8.37. The van der Waals surface area contributed by atoms with Gasteiger partial charge in [-0.3, -0.25) is 0 Å². The predicted octanol–water partition coefficient (Wildman–Crippen LogP) is 2.04. The van der Waals surface area contributed by atoms with Crippen molar-refractivity contribution in [2.45, 2.75) is 50.6 Å². The summed E-state index contributed by atoms with van der Waals surface area (Å²) in [6, 6.07) is 1.59. The predicted molar refractivity (Wildman–Crippen MR) is 82.5 cm³/mol. The van der Waals surface area contributed by atoms with E-state index in [0.29, 0.717) is 0 Å². The van der Waals surface area contributed by atoms with E-state index in [9.17, 15) is 0 Å². The lowest BCUT2D eigenvalue weighted by atomic mass is 9.74. The summed E-state index contributed by atoms with van der Waals surface area (Å²) in [5.41, 5.74) is 0. The van der Waals surface area contributed by atoms with E-state index in [4.69, 9.17) is 0 Å². The van der Waals surface area contributed by atoms with Crippen molar-refractivity contribution in [2.24, 2.45) is 11.8 Å². The second kappa shape index (κ2) is 7.05. The quantitative estimate of drug-likeness (QED) is 0.841. The van der Waals surface area contributed by atoms with Gasteiger partial charge in [0.25, 0.3) is 0 Å². The van der Waals surface area contributed by atoms with Crippen LogP contribution in [0.2, 0.25) is 0 Å². The number of rotatable bonds is 4. The molecule has 0 radical (unpaired) electrons. The molecule has 3 heteroatoms. The molecule has 1 heterocycles. The standard InChI is InChI=1S/C16H33N3/c1-17-15-7-5-13(6-8-15)16(18(2)3)14-9-11-19(4)12-10-14/h13-17H,5-12H2,1-4H3. The van der Waals surface area contributed by atoms with Crippen LogP contribution in [0.15, 0.2) is 0 Å². The number of nitrogens with zero attached hydrogens (tertiary/aromatic N) is 2. The summed E-state index contributed by atoms with van der Waals surface area (Å²) in [6.45, 7) is 2.59. The first-order chi connectivity index (χ1) is 9.11. The summed E-state index contributed by atoms with van der Waals surface area (Å²) in [4.78, 5) is 5.02. The van der Waals surface area contributed by atoms with Crippen molar-refractivity contribution in [1.82, 2.24) is 15.1 Å². The van der Waals surface area contributed by atoms with Crippen LogP contribution in [0.4, 0.5) is 0 Å². The molecule has 0 aromatic heterocycles. The molecule has 1 aliphatic carbocycles. The van der Waals surface area contributed by atoms with Crippen molar-refractivity contribution in [3.8, 4) is 0 Å². The molecule has 0 aromatic carbocycles. The Labute approximate surface area is 119 Å². The molecule has 2 aliphatic rings. The lowest BCUT2D eigenvalue weighted by molar-refractivity contribution is 0.0692. The van der Waals surface area contributed by atoms with Gasteiger partial charge in [0, 0.05) is 12.1 Å². The average molecular weight is 267 g/mol. The van der Waals surface area contributed by atoms with E-state index in [1.54, 1.807) is 0 Å². The summed E-state index contributed by atoms with van der Waals surface area (Å²) < 4.78 is 0. The summed E-state index contributed by atoms with van der Waals surface area (Å²) >= 11 is 0. The molecule has 0 aromatic rings. The molecule has 1 N–H and O–H groups in total. The average Bonchev–Trinajstić information content (AvgIpc) is 2.42. The molecule has 1 atom stereocenters. The largest absolute Gasteiger partial charge is 0.317 e. The molecule has 19 heavy (non-hydrogen) atoms. The van der Waals surface area contributed by atoms with Gasteiger partial charge in [0.2, 0.25) is 0 Å². The van der Waals surface area contributed by atoms with Crippen molar-refractivity contribution in [3.05, 3.63) is 0 Å². The number of piperidine rings is 1. The van der Waals surface area contributed by atoms with Gasteiger partial charge in [-0.1, -0.05) is 0 Å². The topological polar surface area (TPSA) is 18.5 Å². The number of likely N-dealkylation sites (tertiary alicyclic amines) is 1. The monoisotopic (exact) mass is 267 g/mol. The first-order valence-electron chi connectivity index (χ1n) is 8.14. The summed E-state index contributed by atoms with van der Waals surface area (Å²) in [7, 11) is 8.98. The fraction of sp³-hybridized carbons (Fsp3) is 1.00. The van der Waals surface area contributed by atoms with Gasteiger partial charge in [0.05, 0.1) is 0 Å². The van der Waals surface area contributed by atoms with Crippen LogP contribution in [0.25, 0.3) is 0 Å². The number of hydrogen-bond acceptors (Lipinski definition) is 3. The Balaban J connectivity index is 1.93. The molecular formula is C16H33N3. The molecule has 2 rings (SSSR count). The van der Waals surface area contributed by atoms with Gasteiger partial charge in [-0.2, -0.15) is 0 Å². The van der Waals surface area contributed by atoms with E-state index in [1.165, 1.54) is 51.6 Å². The SMILES string of the molecule is CNC1CCC(C(C2CCN(C)CC2)N(C)C)CC1. The van der Waals surface area contributed by atoms with Crippen LogP contribution in [0.1, 0.15) is 38.5 Å². The lowest BCUT2D eigenvalue weighted by Crippen LogP contribution is -2.47. The highest BCUT2D eigenvalue weighted by atomic mass is 15.1. The minimum atomic E-state index is 0.775. The zero-order valence-electron chi connectivity index (χ0n) is 13.4. The molecule has 2 fully saturated rings. The van der Waals surface area contributed by atoms with Crippen LogP contribution in [-0.2, 0) is 0 Å². The Bertz CT molecular complexity index is 251. The maximum Gasteiger partial charge on any atom is 0.0147 e. The van der Waals surface area contributed by atoms with Crippen LogP contribution in [0.3, 0.4) is 0 Å². The maximum absolute atomic E-state index is 3.46. The van der Waals surface area contributed by atoms with E-state index in [0.717, 1.165) is 23.9 Å². The van der Waals surface area contributed by atoms with Crippen molar-refractivity contribution in [1.29, 1.82) is 0 Å². The second-order valence-electron chi connectivity index (χ2n) is 7.00. The van der Waals surface area contributed by atoms with Crippen LogP contribution in [0, 0.1) is 11.8 Å². The highest BCUT2D eigenvalue weighted by molar-refractivity contribution is 4.89. The smallest absolute Gasteiger partial charge is 0.0147 e. The zero-order valence-corrected chi connectivity index (χ0v) is 13.4. The maximum atomic E-state index is 3.46. The molecule has 1 saturated heterocycles. The minimum absolute atomic E-state index is 0.775.